The first-order valence-corrected chi connectivity index (χ1v) is 3.38. The van der Waals surface area contributed by atoms with E-state index in [4.69, 9.17) is 10.2 Å². The molecule has 0 aromatic rings. The highest BCUT2D eigenvalue weighted by Crippen LogP contribution is 2.28. The fourth-order valence-corrected chi connectivity index (χ4v) is 1.30. The zero-order valence-electron chi connectivity index (χ0n) is 5.84. The average Bonchev–Trinajstić information content (AvgIpc) is 2.43. The molecular weight excluding hydrogens is 168 g/mol. The van der Waals surface area contributed by atoms with E-state index in [9.17, 15) is 9.59 Å². The molecule has 66 valence electrons. The molecule has 2 heterocycles. The van der Waals surface area contributed by atoms with Crippen LogP contribution in [-0.4, -0.2) is 46.6 Å². The molecule has 0 spiro atoms. The van der Waals surface area contributed by atoms with Gasteiger partial charge in [0.15, 0.2) is 24.4 Å². The minimum Gasteiger partial charge on any atom is -0.453 e. The van der Waals surface area contributed by atoms with Crippen molar-refractivity contribution in [2.45, 2.75) is 24.4 Å². The molecule has 12 heavy (non-hydrogen) atoms. The van der Waals surface area contributed by atoms with E-state index < -0.39 is 36.4 Å². The number of hydrogen-bond acceptors (Lipinski definition) is 6. The van der Waals surface area contributed by atoms with Gasteiger partial charge in [0.2, 0.25) is 0 Å². The van der Waals surface area contributed by atoms with Crippen LogP contribution in [0.25, 0.3) is 0 Å². The summed E-state index contributed by atoms with van der Waals surface area (Å²) in [5, 5.41) is 18.1. The fourth-order valence-electron chi connectivity index (χ4n) is 1.30. The third kappa shape index (κ3) is 0.759. The van der Waals surface area contributed by atoms with E-state index in [1.54, 1.807) is 0 Å². The van der Waals surface area contributed by atoms with Crippen LogP contribution < -0.4 is 0 Å². The first-order valence-electron chi connectivity index (χ1n) is 3.38. The molecule has 0 saturated carbocycles. The van der Waals surface area contributed by atoms with Crippen LogP contribution in [0.1, 0.15) is 0 Å². The maximum Gasteiger partial charge on any atom is 0.339 e. The topological polar surface area (TPSA) is 93.1 Å². The molecule has 0 radical (unpaired) electrons. The summed E-state index contributed by atoms with van der Waals surface area (Å²) in [6, 6.07) is 0. The number of hydrogen-bond donors (Lipinski definition) is 2. The molecule has 0 aromatic carbocycles. The molecule has 0 aliphatic carbocycles. The first-order chi connectivity index (χ1) is 5.61. The number of esters is 2. The van der Waals surface area contributed by atoms with Crippen molar-refractivity contribution in [1.82, 2.24) is 0 Å². The van der Waals surface area contributed by atoms with Gasteiger partial charge in [-0.2, -0.15) is 0 Å². The summed E-state index contributed by atoms with van der Waals surface area (Å²) in [7, 11) is 0. The zero-order valence-corrected chi connectivity index (χ0v) is 5.84. The maximum absolute atomic E-state index is 10.7. The van der Waals surface area contributed by atoms with Crippen molar-refractivity contribution < 1.29 is 29.3 Å². The lowest BCUT2D eigenvalue weighted by Crippen LogP contribution is -2.31. The van der Waals surface area contributed by atoms with Crippen LogP contribution in [0.15, 0.2) is 0 Å². The monoisotopic (exact) mass is 174 g/mol. The van der Waals surface area contributed by atoms with Gasteiger partial charge in [-0.3, -0.25) is 0 Å². The third-order valence-corrected chi connectivity index (χ3v) is 1.93. The van der Waals surface area contributed by atoms with Crippen molar-refractivity contribution in [2.75, 3.05) is 0 Å². The summed E-state index contributed by atoms with van der Waals surface area (Å²) in [5.74, 6) is -1.73. The Morgan fingerprint density at radius 2 is 1.25 bits per heavy atom. The maximum atomic E-state index is 10.7. The van der Waals surface area contributed by atoms with E-state index in [-0.39, 0.29) is 0 Å². The Kier molecular flexibility index (Phi) is 1.36. The predicted molar refractivity (Wildman–Crippen MR) is 31.8 cm³/mol. The van der Waals surface area contributed by atoms with Gasteiger partial charge in [0.25, 0.3) is 0 Å². The van der Waals surface area contributed by atoms with Crippen LogP contribution >= 0.6 is 0 Å². The number of carbonyl (C=O) groups excluding carboxylic acids is 2. The van der Waals surface area contributed by atoms with E-state index in [1.807, 2.05) is 0 Å². The molecule has 2 aliphatic heterocycles. The fraction of sp³-hybridized carbons (Fsp3) is 0.667. The van der Waals surface area contributed by atoms with Crippen LogP contribution in [0, 0.1) is 0 Å². The molecule has 0 amide bonds. The molecule has 4 atom stereocenters. The molecule has 2 fully saturated rings. The zero-order chi connectivity index (χ0) is 8.88. The van der Waals surface area contributed by atoms with Crippen LogP contribution in [0.2, 0.25) is 0 Å². The molecule has 2 N–H and O–H groups in total. The van der Waals surface area contributed by atoms with Crippen LogP contribution in [-0.2, 0) is 19.1 Å². The summed E-state index contributed by atoms with van der Waals surface area (Å²) in [6.07, 6.45) is -5.01. The number of fused-ring (bicyclic) bond motifs is 1. The second-order valence-corrected chi connectivity index (χ2v) is 2.69. The molecular formula is C6H6O6. The lowest BCUT2D eigenvalue weighted by Gasteiger charge is -2.05. The highest BCUT2D eigenvalue weighted by molar-refractivity contribution is 5.85. The van der Waals surface area contributed by atoms with Gasteiger partial charge in [-0.25, -0.2) is 9.59 Å². The van der Waals surface area contributed by atoms with Crippen molar-refractivity contribution in [1.29, 1.82) is 0 Å². The third-order valence-electron chi connectivity index (χ3n) is 1.93. The smallest absolute Gasteiger partial charge is 0.339 e. The highest BCUT2D eigenvalue weighted by Gasteiger charge is 2.57. The largest absolute Gasteiger partial charge is 0.453 e. The minimum atomic E-state index is -1.46. The summed E-state index contributed by atoms with van der Waals surface area (Å²) in [4.78, 5) is 21.3. The van der Waals surface area contributed by atoms with Crippen molar-refractivity contribution in [3.05, 3.63) is 0 Å². The van der Waals surface area contributed by atoms with Crippen molar-refractivity contribution in [3.63, 3.8) is 0 Å². The van der Waals surface area contributed by atoms with Gasteiger partial charge in [-0.15, -0.1) is 0 Å². The highest BCUT2D eigenvalue weighted by atomic mass is 16.7. The first kappa shape index (κ1) is 7.51. The Labute approximate surface area is 66.7 Å². The Hall–Kier alpha value is -1.14. The summed E-state index contributed by atoms with van der Waals surface area (Å²) >= 11 is 0. The normalized spacial score (nSPS) is 45.5. The van der Waals surface area contributed by atoms with Gasteiger partial charge in [-0.1, -0.05) is 0 Å². The molecule has 2 saturated heterocycles. The van der Waals surface area contributed by atoms with E-state index in [0.29, 0.717) is 0 Å². The van der Waals surface area contributed by atoms with Gasteiger partial charge >= 0.3 is 11.9 Å². The van der Waals surface area contributed by atoms with Crippen LogP contribution in [0.3, 0.4) is 0 Å². The molecule has 0 unspecified atom stereocenters. The quantitative estimate of drug-likeness (QED) is 0.396. The summed E-state index contributed by atoms with van der Waals surface area (Å²) in [6.45, 7) is 0. The molecule has 2 rings (SSSR count). The van der Waals surface area contributed by atoms with Crippen LogP contribution in [0.5, 0.6) is 0 Å². The van der Waals surface area contributed by atoms with Crippen molar-refractivity contribution in [2.24, 2.45) is 0 Å². The lowest BCUT2D eigenvalue weighted by atomic mass is 10.1. The van der Waals surface area contributed by atoms with E-state index in [0.717, 1.165) is 0 Å². The number of carbonyl (C=O) groups is 2. The molecule has 6 heteroatoms. The van der Waals surface area contributed by atoms with Crippen molar-refractivity contribution >= 4 is 11.9 Å². The van der Waals surface area contributed by atoms with Gasteiger partial charge in [-0.05, 0) is 0 Å². The standard InChI is InChI=1S/C6H6O6/c7-1-3-4(12-5(1)9)2(8)6(10)11-3/h1-4,7-8H/t1-,2-,3-,4-/m0/s1. The average molecular weight is 174 g/mol. The van der Waals surface area contributed by atoms with Gasteiger partial charge < -0.3 is 19.7 Å². The molecule has 2 aliphatic rings. The number of aliphatic hydroxyl groups is 2. The summed E-state index contributed by atoms with van der Waals surface area (Å²) in [5.41, 5.74) is 0. The lowest BCUT2D eigenvalue weighted by molar-refractivity contribution is -0.159. The number of aliphatic hydroxyl groups excluding tert-OH is 2. The second-order valence-electron chi connectivity index (χ2n) is 2.69. The number of ether oxygens (including phenoxy) is 2. The van der Waals surface area contributed by atoms with Gasteiger partial charge in [0, 0.05) is 0 Å². The Balaban J connectivity index is 2.24. The SMILES string of the molecule is O=C1O[C@@H]2[C@@H](OC(=O)[C@H]2O)[C@@H]1O. The molecule has 0 aromatic heterocycles. The van der Waals surface area contributed by atoms with Gasteiger partial charge in [0.1, 0.15) is 0 Å². The molecule has 0 bridgehead atoms. The van der Waals surface area contributed by atoms with E-state index >= 15 is 0 Å². The predicted octanol–water partition coefficient (Wildman–Crippen LogP) is -2.44. The van der Waals surface area contributed by atoms with E-state index in [1.165, 1.54) is 0 Å². The van der Waals surface area contributed by atoms with Crippen molar-refractivity contribution in [3.8, 4) is 0 Å². The Bertz CT molecular complexity index is 222. The van der Waals surface area contributed by atoms with Gasteiger partial charge in [0.05, 0.1) is 0 Å². The Morgan fingerprint density at radius 3 is 1.58 bits per heavy atom. The molecule has 6 nitrogen and oxygen atoms in total. The summed E-state index contributed by atoms with van der Waals surface area (Å²) < 4.78 is 8.99. The number of rotatable bonds is 0. The minimum absolute atomic E-state index is 0.864. The Morgan fingerprint density at radius 1 is 0.917 bits per heavy atom. The second kappa shape index (κ2) is 2.18. The van der Waals surface area contributed by atoms with E-state index in [2.05, 4.69) is 9.47 Å². The van der Waals surface area contributed by atoms with Crippen LogP contribution in [0.4, 0.5) is 0 Å².